The van der Waals surface area contributed by atoms with Gasteiger partial charge in [-0.2, -0.15) is 0 Å². The van der Waals surface area contributed by atoms with Crippen LogP contribution in [0.2, 0.25) is 0 Å². The molecule has 0 bridgehead atoms. The van der Waals surface area contributed by atoms with Crippen molar-refractivity contribution >= 4 is 27.3 Å². The summed E-state index contributed by atoms with van der Waals surface area (Å²) in [5.41, 5.74) is -0.331. The Morgan fingerprint density at radius 2 is 1.92 bits per heavy atom. The highest BCUT2D eigenvalue weighted by atomic mass is 32.2. The standard InChI is InChI=1S/C15H12F2N2O4S/c1-8-15(20)18-13-7-10(3-5-14(13)23-8)24(21,22)19-12-6-9(16)2-4-11(12)17/h2-8,19H,1H3,(H,18,20). The first-order valence-electron chi connectivity index (χ1n) is 6.86. The molecule has 1 aliphatic rings. The summed E-state index contributed by atoms with van der Waals surface area (Å²) in [6, 6.07) is 6.22. The van der Waals surface area contributed by atoms with Gasteiger partial charge in [-0.1, -0.05) is 0 Å². The predicted octanol–water partition coefficient (Wildman–Crippen LogP) is 2.49. The molecule has 2 aromatic carbocycles. The van der Waals surface area contributed by atoms with Gasteiger partial charge in [-0.25, -0.2) is 17.2 Å². The Bertz CT molecular complexity index is 931. The minimum Gasteiger partial charge on any atom is -0.479 e. The molecule has 2 N–H and O–H groups in total. The van der Waals surface area contributed by atoms with Crippen LogP contribution in [0, 0.1) is 11.6 Å². The van der Waals surface area contributed by atoms with Crippen molar-refractivity contribution < 1.29 is 26.7 Å². The summed E-state index contributed by atoms with van der Waals surface area (Å²) < 4.78 is 58.8. The summed E-state index contributed by atoms with van der Waals surface area (Å²) >= 11 is 0. The smallest absolute Gasteiger partial charge is 0.265 e. The third-order valence-electron chi connectivity index (χ3n) is 3.36. The number of ether oxygens (including phenoxy) is 1. The van der Waals surface area contributed by atoms with E-state index in [0.29, 0.717) is 5.75 Å². The third kappa shape index (κ3) is 3.02. The van der Waals surface area contributed by atoms with Crippen molar-refractivity contribution in [1.82, 2.24) is 0 Å². The zero-order chi connectivity index (χ0) is 17.5. The van der Waals surface area contributed by atoms with Gasteiger partial charge in [0.1, 0.15) is 17.4 Å². The molecule has 2 aromatic rings. The van der Waals surface area contributed by atoms with Gasteiger partial charge in [-0.05, 0) is 37.3 Å². The lowest BCUT2D eigenvalue weighted by Gasteiger charge is -2.23. The van der Waals surface area contributed by atoms with Crippen molar-refractivity contribution in [2.24, 2.45) is 0 Å². The summed E-state index contributed by atoms with van der Waals surface area (Å²) in [5, 5.41) is 2.52. The molecular weight excluding hydrogens is 342 g/mol. The Morgan fingerprint density at radius 3 is 2.67 bits per heavy atom. The van der Waals surface area contributed by atoms with Crippen LogP contribution in [0.15, 0.2) is 41.3 Å². The molecule has 1 aliphatic heterocycles. The predicted molar refractivity (Wildman–Crippen MR) is 82.3 cm³/mol. The Kier molecular flexibility index (Phi) is 3.88. The van der Waals surface area contributed by atoms with E-state index in [9.17, 15) is 22.0 Å². The molecule has 0 radical (unpaired) electrons. The molecule has 0 saturated heterocycles. The molecule has 0 aliphatic carbocycles. The molecule has 1 unspecified atom stereocenters. The molecule has 0 spiro atoms. The second-order valence-electron chi connectivity index (χ2n) is 5.14. The second kappa shape index (κ2) is 5.75. The van der Waals surface area contributed by atoms with Crippen LogP contribution in [0.3, 0.4) is 0 Å². The summed E-state index contributed by atoms with van der Waals surface area (Å²) in [5.74, 6) is -1.79. The number of rotatable bonds is 3. The SMILES string of the molecule is CC1Oc2ccc(S(=O)(=O)Nc3cc(F)ccc3F)cc2NC1=O. The fourth-order valence-corrected chi connectivity index (χ4v) is 3.22. The van der Waals surface area contributed by atoms with Crippen LogP contribution in [-0.2, 0) is 14.8 Å². The number of hydrogen-bond acceptors (Lipinski definition) is 4. The van der Waals surface area contributed by atoms with E-state index in [4.69, 9.17) is 4.74 Å². The lowest BCUT2D eigenvalue weighted by Crippen LogP contribution is -2.34. The van der Waals surface area contributed by atoms with Gasteiger partial charge < -0.3 is 10.1 Å². The first-order valence-corrected chi connectivity index (χ1v) is 8.34. The van der Waals surface area contributed by atoms with Crippen LogP contribution in [0.5, 0.6) is 5.75 Å². The highest BCUT2D eigenvalue weighted by Crippen LogP contribution is 2.32. The van der Waals surface area contributed by atoms with Crippen molar-refractivity contribution in [1.29, 1.82) is 0 Å². The lowest BCUT2D eigenvalue weighted by atomic mass is 10.2. The number of hydrogen-bond donors (Lipinski definition) is 2. The number of nitrogens with one attached hydrogen (secondary N) is 2. The van der Waals surface area contributed by atoms with Gasteiger partial charge >= 0.3 is 0 Å². The largest absolute Gasteiger partial charge is 0.479 e. The topological polar surface area (TPSA) is 84.5 Å². The van der Waals surface area contributed by atoms with E-state index >= 15 is 0 Å². The maximum Gasteiger partial charge on any atom is 0.265 e. The average molecular weight is 354 g/mol. The molecule has 0 fully saturated rings. The highest BCUT2D eigenvalue weighted by Gasteiger charge is 2.26. The number of sulfonamides is 1. The second-order valence-corrected chi connectivity index (χ2v) is 6.82. The van der Waals surface area contributed by atoms with Crippen molar-refractivity contribution in [3.05, 3.63) is 48.0 Å². The zero-order valence-electron chi connectivity index (χ0n) is 12.3. The van der Waals surface area contributed by atoms with Gasteiger partial charge in [0.2, 0.25) is 0 Å². The van der Waals surface area contributed by atoms with E-state index in [1.165, 1.54) is 18.2 Å². The lowest BCUT2D eigenvalue weighted by molar-refractivity contribution is -0.122. The molecule has 3 rings (SSSR count). The molecule has 0 aromatic heterocycles. The van der Waals surface area contributed by atoms with E-state index in [0.717, 1.165) is 18.2 Å². The maximum atomic E-state index is 13.6. The van der Waals surface area contributed by atoms with E-state index in [1.54, 1.807) is 6.92 Å². The van der Waals surface area contributed by atoms with Crippen LogP contribution in [-0.4, -0.2) is 20.4 Å². The summed E-state index contributed by atoms with van der Waals surface area (Å²) in [6.07, 6.45) is -0.695. The Hall–Kier alpha value is -2.68. The van der Waals surface area contributed by atoms with E-state index in [-0.39, 0.29) is 10.6 Å². The van der Waals surface area contributed by atoms with Crippen molar-refractivity contribution in [2.75, 3.05) is 10.0 Å². The number of halogens is 2. The fraction of sp³-hybridized carbons (Fsp3) is 0.133. The first-order chi connectivity index (χ1) is 11.3. The molecule has 24 heavy (non-hydrogen) atoms. The minimum atomic E-state index is -4.18. The van der Waals surface area contributed by atoms with Gasteiger partial charge in [0, 0.05) is 6.07 Å². The van der Waals surface area contributed by atoms with Crippen molar-refractivity contribution in [3.63, 3.8) is 0 Å². The van der Waals surface area contributed by atoms with E-state index in [2.05, 4.69) is 5.32 Å². The minimum absolute atomic E-state index is 0.181. The quantitative estimate of drug-likeness (QED) is 0.887. The monoisotopic (exact) mass is 354 g/mol. The van der Waals surface area contributed by atoms with Gasteiger partial charge in [-0.3, -0.25) is 9.52 Å². The summed E-state index contributed by atoms with van der Waals surface area (Å²) in [6.45, 7) is 1.55. The van der Waals surface area contributed by atoms with Crippen molar-refractivity contribution in [2.45, 2.75) is 17.9 Å². The van der Waals surface area contributed by atoms with Crippen molar-refractivity contribution in [3.8, 4) is 5.75 Å². The van der Waals surface area contributed by atoms with Crippen LogP contribution in [0.25, 0.3) is 0 Å². The van der Waals surface area contributed by atoms with Crippen LogP contribution in [0.4, 0.5) is 20.2 Å². The van der Waals surface area contributed by atoms with Gasteiger partial charge in [-0.15, -0.1) is 0 Å². The molecule has 1 amide bonds. The normalized spacial score (nSPS) is 16.8. The number of carbonyl (C=O) groups is 1. The molecule has 9 heteroatoms. The number of amides is 1. The third-order valence-corrected chi connectivity index (χ3v) is 4.73. The molecule has 0 saturated carbocycles. The molecular formula is C15H12F2N2O4S. The van der Waals surface area contributed by atoms with Gasteiger partial charge in [0.15, 0.2) is 6.10 Å². The molecule has 126 valence electrons. The molecule has 6 nitrogen and oxygen atoms in total. The number of fused-ring (bicyclic) bond motifs is 1. The number of carbonyl (C=O) groups excluding carboxylic acids is 1. The zero-order valence-corrected chi connectivity index (χ0v) is 13.2. The molecule has 1 atom stereocenters. The van der Waals surface area contributed by atoms with Crippen LogP contribution >= 0.6 is 0 Å². The fourth-order valence-electron chi connectivity index (χ4n) is 2.13. The number of anilines is 2. The first kappa shape index (κ1) is 16.2. The molecule has 1 heterocycles. The summed E-state index contributed by atoms with van der Waals surface area (Å²) in [4.78, 5) is 11.4. The van der Waals surface area contributed by atoms with E-state index in [1.807, 2.05) is 4.72 Å². The Balaban J connectivity index is 1.95. The summed E-state index contributed by atoms with van der Waals surface area (Å²) in [7, 11) is -4.18. The highest BCUT2D eigenvalue weighted by molar-refractivity contribution is 7.92. The maximum absolute atomic E-state index is 13.6. The van der Waals surface area contributed by atoms with Crippen LogP contribution < -0.4 is 14.8 Å². The number of benzene rings is 2. The average Bonchev–Trinajstić information content (AvgIpc) is 2.51. The van der Waals surface area contributed by atoms with E-state index < -0.39 is 39.4 Å². The van der Waals surface area contributed by atoms with Gasteiger partial charge in [0.25, 0.3) is 15.9 Å². The van der Waals surface area contributed by atoms with Crippen LogP contribution in [0.1, 0.15) is 6.92 Å². The Labute approximate surface area is 136 Å². The Morgan fingerprint density at radius 1 is 1.17 bits per heavy atom. The van der Waals surface area contributed by atoms with Gasteiger partial charge in [0.05, 0.1) is 16.3 Å².